The Hall–Kier alpha value is -1.80. The molecule has 0 fully saturated rings. The second kappa shape index (κ2) is 6.69. The average molecular weight is 196 g/mol. The minimum Gasteiger partial charge on any atom is -0.450 e. The molecule has 0 bridgehead atoms. The number of rotatable bonds is 4. The lowest BCUT2D eigenvalue weighted by Gasteiger charge is -2.01. The smallest absolute Gasteiger partial charge is 0.349 e. The van der Waals surface area contributed by atoms with Gasteiger partial charge in [-0.1, -0.05) is 6.58 Å². The van der Waals surface area contributed by atoms with E-state index in [-0.39, 0.29) is 0 Å². The van der Waals surface area contributed by atoms with Gasteiger partial charge in [-0.2, -0.15) is 0 Å². The third kappa shape index (κ3) is 4.95. The molecule has 0 aromatic heterocycles. The topological polar surface area (TPSA) is 52.6 Å². The first kappa shape index (κ1) is 12.2. The molecule has 0 aromatic carbocycles. The molecule has 14 heavy (non-hydrogen) atoms. The summed E-state index contributed by atoms with van der Waals surface area (Å²) in [5.41, 5.74) is 2.95. The van der Waals surface area contributed by atoms with E-state index in [1.165, 1.54) is 0 Å². The summed E-state index contributed by atoms with van der Waals surface area (Å²) in [5, 5.41) is 0. The summed E-state index contributed by atoms with van der Waals surface area (Å²) in [6.07, 6.45) is 2.56. The zero-order valence-electron chi connectivity index (χ0n) is 8.20. The van der Waals surface area contributed by atoms with Gasteiger partial charge in [0.2, 0.25) is 0 Å². The van der Waals surface area contributed by atoms with Gasteiger partial charge in [0, 0.05) is 0 Å². The zero-order chi connectivity index (χ0) is 11.0. The van der Waals surface area contributed by atoms with Crippen molar-refractivity contribution in [1.82, 2.24) is 0 Å². The Labute approximate surface area is 82.5 Å². The fourth-order valence-electron chi connectivity index (χ4n) is 0.635. The van der Waals surface area contributed by atoms with Crippen LogP contribution in [0.25, 0.3) is 0 Å². The Kier molecular flexibility index (Phi) is 5.83. The van der Waals surface area contributed by atoms with Gasteiger partial charge in [-0.05, 0) is 19.9 Å². The maximum atomic E-state index is 11.1. The van der Waals surface area contributed by atoms with Crippen molar-refractivity contribution in [3.8, 4) is 0 Å². The van der Waals surface area contributed by atoms with E-state index < -0.39 is 18.5 Å². The van der Waals surface area contributed by atoms with Crippen molar-refractivity contribution in [1.29, 1.82) is 0 Å². The van der Waals surface area contributed by atoms with Crippen molar-refractivity contribution in [2.24, 2.45) is 0 Å². The molecule has 0 radical (unpaired) electrons. The number of esters is 2. The number of hydrogen-bond donors (Lipinski definition) is 0. The SMILES string of the molecule is C=COC(=O)COC(=O)C(C)=C=CC. The molecule has 4 heteroatoms. The second-order valence-electron chi connectivity index (χ2n) is 2.29. The lowest BCUT2D eigenvalue weighted by Crippen LogP contribution is -2.14. The van der Waals surface area contributed by atoms with Crippen molar-refractivity contribution >= 4 is 11.9 Å². The van der Waals surface area contributed by atoms with Crippen molar-refractivity contribution in [2.45, 2.75) is 13.8 Å². The Morgan fingerprint density at radius 1 is 1.50 bits per heavy atom. The molecule has 0 amide bonds. The first-order valence-electron chi connectivity index (χ1n) is 3.97. The molecular formula is C10H12O4. The highest BCUT2D eigenvalue weighted by Gasteiger charge is 2.08. The van der Waals surface area contributed by atoms with E-state index in [1.54, 1.807) is 19.9 Å². The molecule has 0 spiro atoms. The standard InChI is InChI=1S/C10H12O4/c1-4-6-8(3)10(12)14-7-9(11)13-5-2/h4-5H,2,7H2,1,3H3. The van der Waals surface area contributed by atoms with Crippen LogP contribution in [0.2, 0.25) is 0 Å². The van der Waals surface area contributed by atoms with Crippen LogP contribution in [0.1, 0.15) is 13.8 Å². The van der Waals surface area contributed by atoms with Gasteiger partial charge < -0.3 is 9.47 Å². The Bertz CT molecular complexity index is 295. The molecule has 0 aliphatic rings. The second-order valence-corrected chi connectivity index (χ2v) is 2.29. The van der Waals surface area contributed by atoms with Gasteiger partial charge in [0.25, 0.3) is 0 Å². The molecule has 0 saturated carbocycles. The monoisotopic (exact) mass is 196 g/mol. The molecule has 76 valence electrons. The van der Waals surface area contributed by atoms with E-state index in [0.717, 1.165) is 6.26 Å². The minimum atomic E-state index is -0.665. The third-order valence-electron chi connectivity index (χ3n) is 1.20. The summed E-state index contributed by atoms with van der Waals surface area (Å²) >= 11 is 0. The quantitative estimate of drug-likeness (QED) is 0.294. The number of ether oxygens (including phenoxy) is 2. The zero-order valence-corrected chi connectivity index (χ0v) is 8.20. The summed E-state index contributed by atoms with van der Waals surface area (Å²) in [6.45, 7) is 6.03. The molecule has 0 saturated heterocycles. The van der Waals surface area contributed by atoms with Crippen molar-refractivity contribution in [3.05, 3.63) is 30.2 Å². The van der Waals surface area contributed by atoms with E-state index in [4.69, 9.17) is 0 Å². The normalized spacial score (nSPS) is 8.14. The van der Waals surface area contributed by atoms with E-state index in [0.29, 0.717) is 5.57 Å². The van der Waals surface area contributed by atoms with Gasteiger partial charge in [0.15, 0.2) is 6.61 Å². The maximum absolute atomic E-state index is 11.1. The van der Waals surface area contributed by atoms with Gasteiger partial charge in [-0.15, -0.1) is 5.73 Å². The largest absolute Gasteiger partial charge is 0.450 e. The Morgan fingerprint density at radius 3 is 2.64 bits per heavy atom. The third-order valence-corrected chi connectivity index (χ3v) is 1.20. The fraction of sp³-hybridized carbons (Fsp3) is 0.300. The minimum absolute atomic E-state index is 0.305. The van der Waals surface area contributed by atoms with Crippen LogP contribution >= 0.6 is 0 Å². The van der Waals surface area contributed by atoms with Crippen LogP contribution in [0, 0.1) is 0 Å². The van der Waals surface area contributed by atoms with Gasteiger partial charge in [-0.3, -0.25) is 0 Å². The van der Waals surface area contributed by atoms with E-state index in [9.17, 15) is 9.59 Å². The summed E-state index contributed by atoms with van der Waals surface area (Å²) < 4.78 is 8.93. The molecular weight excluding hydrogens is 184 g/mol. The summed E-state index contributed by atoms with van der Waals surface area (Å²) in [6, 6.07) is 0. The highest BCUT2D eigenvalue weighted by Crippen LogP contribution is 1.94. The Morgan fingerprint density at radius 2 is 2.14 bits per heavy atom. The lowest BCUT2D eigenvalue weighted by atomic mass is 10.3. The molecule has 0 aliphatic heterocycles. The molecule has 0 rings (SSSR count). The van der Waals surface area contributed by atoms with Gasteiger partial charge in [-0.25, -0.2) is 9.59 Å². The van der Waals surface area contributed by atoms with Crippen molar-refractivity contribution < 1.29 is 19.1 Å². The summed E-state index contributed by atoms with van der Waals surface area (Å²) in [4.78, 5) is 21.8. The van der Waals surface area contributed by atoms with Crippen molar-refractivity contribution in [3.63, 3.8) is 0 Å². The van der Waals surface area contributed by atoms with Crippen LogP contribution < -0.4 is 0 Å². The van der Waals surface area contributed by atoms with Crippen LogP contribution in [0.4, 0.5) is 0 Å². The highest BCUT2D eigenvalue weighted by molar-refractivity contribution is 5.89. The predicted molar refractivity (Wildman–Crippen MR) is 50.2 cm³/mol. The van der Waals surface area contributed by atoms with E-state index in [1.807, 2.05) is 0 Å². The van der Waals surface area contributed by atoms with Crippen LogP contribution in [-0.4, -0.2) is 18.5 Å². The first-order valence-corrected chi connectivity index (χ1v) is 3.97. The van der Waals surface area contributed by atoms with Crippen molar-refractivity contribution in [2.75, 3.05) is 6.61 Å². The van der Waals surface area contributed by atoms with E-state index in [2.05, 4.69) is 21.8 Å². The molecule has 0 aliphatic carbocycles. The lowest BCUT2D eigenvalue weighted by molar-refractivity contribution is -0.152. The number of carbonyl (C=O) groups excluding carboxylic acids is 2. The van der Waals surface area contributed by atoms with Crippen LogP contribution in [0.3, 0.4) is 0 Å². The number of carbonyl (C=O) groups is 2. The predicted octanol–water partition coefficient (Wildman–Crippen LogP) is 1.34. The van der Waals surface area contributed by atoms with Gasteiger partial charge >= 0.3 is 11.9 Å². The summed E-state index contributed by atoms with van der Waals surface area (Å²) in [7, 11) is 0. The highest BCUT2D eigenvalue weighted by atomic mass is 16.6. The number of hydrogen-bond acceptors (Lipinski definition) is 4. The maximum Gasteiger partial charge on any atom is 0.349 e. The molecule has 0 atom stereocenters. The molecule has 0 unspecified atom stereocenters. The molecule has 4 nitrogen and oxygen atoms in total. The molecule has 0 N–H and O–H groups in total. The Balaban J connectivity index is 4.03. The first-order chi connectivity index (χ1) is 6.61. The molecule has 0 aromatic rings. The van der Waals surface area contributed by atoms with Crippen LogP contribution in [-0.2, 0) is 19.1 Å². The van der Waals surface area contributed by atoms with Gasteiger partial charge in [0.1, 0.15) is 0 Å². The van der Waals surface area contributed by atoms with Crippen LogP contribution in [0.5, 0.6) is 0 Å². The van der Waals surface area contributed by atoms with Gasteiger partial charge in [0.05, 0.1) is 11.8 Å². The fourth-order valence-corrected chi connectivity index (χ4v) is 0.635. The summed E-state index contributed by atoms with van der Waals surface area (Å²) in [5.74, 6) is -1.26. The average Bonchev–Trinajstić information content (AvgIpc) is 2.15. The molecule has 0 heterocycles. The van der Waals surface area contributed by atoms with Crippen LogP contribution in [0.15, 0.2) is 30.2 Å². The van der Waals surface area contributed by atoms with E-state index >= 15 is 0 Å².